The third kappa shape index (κ3) is 2.50. The molecule has 0 spiro atoms. The molecule has 0 atom stereocenters. The van der Waals surface area contributed by atoms with E-state index in [1.54, 1.807) is 0 Å². The number of hydrogen-bond donors (Lipinski definition) is 2. The number of pyridine rings is 1. The standard InChI is InChI=1S/C16H18N4/c1-11-5-3-4-6-12(11)7-9-15-18-13-8-10-14(17-2)19-16(13)20-15/h3-6,8,10H,7,9H2,1-2H3,(H2,17,18,19,20). The van der Waals surface area contributed by atoms with Crippen molar-refractivity contribution >= 4 is 17.0 Å². The van der Waals surface area contributed by atoms with Crippen molar-refractivity contribution in [3.05, 3.63) is 53.3 Å². The van der Waals surface area contributed by atoms with Crippen LogP contribution in [0.25, 0.3) is 11.2 Å². The van der Waals surface area contributed by atoms with Gasteiger partial charge in [0, 0.05) is 13.5 Å². The van der Waals surface area contributed by atoms with E-state index in [1.807, 2.05) is 19.2 Å². The number of fused-ring (bicyclic) bond motifs is 1. The maximum absolute atomic E-state index is 4.56. The molecule has 4 heteroatoms. The van der Waals surface area contributed by atoms with Gasteiger partial charge in [-0.25, -0.2) is 9.97 Å². The molecule has 0 aliphatic heterocycles. The third-order valence-corrected chi connectivity index (χ3v) is 3.54. The molecule has 0 saturated carbocycles. The third-order valence-electron chi connectivity index (χ3n) is 3.54. The predicted molar refractivity (Wildman–Crippen MR) is 82.0 cm³/mol. The SMILES string of the molecule is CNc1ccc2[nH]c(CCc3ccccc3C)nc2n1. The summed E-state index contributed by atoms with van der Waals surface area (Å²) in [5.41, 5.74) is 4.47. The molecular weight excluding hydrogens is 248 g/mol. The molecule has 0 amide bonds. The molecule has 0 bridgehead atoms. The van der Waals surface area contributed by atoms with Crippen molar-refractivity contribution in [2.45, 2.75) is 19.8 Å². The van der Waals surface area contributed by atoms with Crippen molar-refractivity contribution in [2.75, 3.05) is 12.4 Å². The molecule has 20 heavy (non-hydrogen) atoms. The molecule has 2 heterocycles. The normalized spacial score (nSPS) is 10.9. The van der Waals surface area contributed by atoms with Crippen LogP contribution < -0.4 is 5.32 Å². The second-order valence-corrected chi connectivity index (χ2v) is 4.93. The van der Waals surface area contributed by atoms with Crippen LogP contribution in [0, 0.1) is 6.92 Å². The Morgan fingerprint density at radius 1 is 1.05 bits per heavy atom. The minimum Gasteiger partial charge on any atom is -0.373 e. The lowest BCUT2D eigenvalue weighted by atomic mass is 10.0. The molecule has 3 aromatic rings. The summed E-state index contributed by atoms with van der Waals surface area (Å²) >= 11 is 0. The van der Waals surface area contributed by atoms with E-state index in [0.717, 1.165) is 35.6 Å². The van der Waals surface area contributed by atoms with E-state index in [9.17, 15) is 0 Å². The largest absolute Gasteiger partial charge is 0.373 e. The first-order valence-electron chi connectivity index (χ1n) is 6.84. The van der Waals surface area contributed by atoms with Gasteiger partial charge in [0.15, 0.2) is 5.65 Å². The quantitative estimate of drug-likeness (QED) is 0.763. The molecular formula is C16H18N4. The number of H-pyrrole nitrogens is 1. The van der Waals surface area contributed by atoms with E-state index in [-0.39, 0.29) is 0 Å². The van der Waals surface area contributed by atoms with Gasteiger partial charge >= 0.3 is 0 Å². The number of aromatic amines is 1. The Hall–Kier alpha value is -2.36. The number of rotatable bonds is 4. The number of aryl methyl sites for hydroxylation is 3. The van der Waals surface area contributed by atoms with E-state index < -0.39 is 0 Å². The van der Waals surface area contributed by atoms with Crippen LogP contribution >= 0.6 is 0 Å². The summed E-state index contributed by atoms with van der Waals surface area (Å²) in [4.78, 5) is 12.3. The lowest BCUT2D eigenvalue weighted by molar-refractivity contribution is 0.883. The Kier molecular flexibility index (Phi) is 3.37. The second kappa shape index (κ2) is 5.33. The van der Waals surface area contributed by atoms with Crippen LogP contribution in [0.1, 0.15) is 17.0 Å². The van der Waals surface area contributed by atoms with Gasteiger partial charge in [-0.2, -0.15) is 0 Å². The Balaban J connectivity index is 1.79. The highest BCUT2D eigenvalue weighted by Gasteiger charge is 2.06. The second-order valence-electron chi connectivity index (χ2n) is 4.93. The minimum absolute atomic E-state index is 0.775. The molecule has 0 radical (unpaired) electrons. The molecule has 0 aliphatic rings. The summed E-state index contributed by atoms with van der Waals surface area (Å²) in [6.07, 6.45) is 1.89. The lowest BCUT2D eigenvalue weighted by Gasteiger charge is -2.03. The van der Waals surface area contributed by atoms with Gasteiger partial charge in [0.05, 0.1) is 5.52 Å². The lowest BCUT2D eigenvalue weighted by Crippen LogP contribution is -1.95. The molecule has 2 N–H and O–H groups in total. The zero-order valence-electron chi connectivity index (χ0n) is 11.8. The first kappa shape index (κ1) is 12.7. The van der Waals surface area contributed by atoms with Crippen LogP contribution in [-0.4, -0.2) is 22.0 Å². The molecule has 3 rings (SSSR count). The smallest absolute Gasteiger partial charge is 0.179 e. The highest BCUT2D eigenvalue weighted by Crippen LogP contribution is 2.15. The zero-order valence-corrected chi connectivity index (χ0v) is 11.8. The van der Waals surface area contributed by atoms with Crippen LogP contribution in [0.15, 0.2) is 36.4 Å². The fourth-order valence-electron chi connectivity index (χ4n) is 2.34. The predicted octanol–water partition coefficient (Wildman–Crippen LogP) is 3.09. The Labute approximate surface area is 118 Å². The van der Waals surface area contributed by atoms with Crippen LogP contribution in [0.2, 0.25) is 0 Å². The average molecular weight is 266 g/mol. The van der Waals surface area contributed by atoms with E-state index >= 15 is 0 Å². The Morgan fingerprint density at radius 2 is 1.90 bits per heavy atom. The highest BCUT2D eigenvalue weighted by atomic mass is 15.0. The monoisotopic (exact) mass is 266 g/mol. The van der Waals surface area contributed by atoms with Crippen LogP contribution in [0.5, 0.6) is 0 Å². The Morgan fingerprint density at radius 3 is 2.70 bits per heavy atom. The number of hydrogen-bond acceptors (Lipinski definition) is 3. The molecule has 0 aliphatic carbocycles. The van der Waals surface area contributed by atoms with E-state index in [0.29, 0.717) is 0 Å². The Bertz CT molecular complexity index is 730. The van der Waals surface area contributed by atoms with Gasteiger partial charge in [0.25, 0.3) is 0 Å². The summed E-state index contributed by atoms with van der Waals surface area (Å²) in [7, 11) is 1.86. The fraction of sp³-hybridized carbons (Fsp3) is 0.250. The van der Waals surface area contributed by atoms with Crippen molar-refractivity contribution in [2.24, 2.45) is 0 Å². The number of anilines is 1. The van der Waals surface area contributed by atoms with Crippen molar-refractivity contribution < 1.29 is 0 Å². The first-order chi connectivity index (χ1) is 9.76. The maximum atomic E-state index is 4.56. The fourth-order valence-corrected chi connectivity index (χ4v) is 2.34. The molecule has 102 valence electrons. The van der Waals surface area contributed by atoms with Gasteiger partial charge in [-0.05, 0) is 36.6 Å². The van der Waals surface area contributed by atoms with E-state index in [4.69, 9.17) is 0 Å². The van der Waals surface area contributed by atoms with Crippen LogP contribution in [0.3, 0.4) is 0 Å². The number of aromatic nitrogens is 3. The first-order valence-corrected chi connectivity index (χ1v) is 6.84. The van der Waals surface area contributed by atoms with Gasteiger partial charge in [-0.15, -0.1) is 0 Å². The molecule has 0 fully saturated rings. The summed E-state index contributed by atoms with van der Waals surface area (Å²) < 4.78 is 0. The molecule has 0 unspecified atom stereocenters. The summed E-state index contributed by atoms with van der Waals surface area (Å²) in [5, 5.41) is 3.03. The summed E-state index contributed by atoms with van der Waals surface area (Å²) in [6, 6.07) is 12.4. The topological polar surface area (TPSA) is 53.6 Å². The van der Waals surface area contributed by atoms with Gasteiger partial charge in [0.2, 0.25) is 0 Å². The van der Waals surface area contributed by atoms with Crippen molar-refractivity contribution in [1.29, 1.82) is 0 Å². The number of nitrogens with zero attached hydrogens (tertiary/aromatic N) is 2. The molecule has 4 nitrogen and oxygen atoms in total. The minimum atomic E-state index is 0.775. The van der Waals surface area contributed by atoms with Crippen LogP contribution in [-0.2, 0) is 12.8 Å². The number of nitrogens with one attached hydrogen (secondary N) is 2. The van der Waals surface area contributed by atoms with E-state index in [2.05, 4.69) is 51.5 Å². The average Bonchev–Trinajstić information content (AvgIpc) is 2.88. The van der Waals surface area contributed by atoms with Crippen molar-refractivity contribution in [3.8, 4) is 0 Å². The van der Waals surface area contributed by atoms with Gasteiger partial charge in [-0.3, -0.25) is 0 Å². The summed E-state index contributed by atoms with van der Waals surface area (Å²) in [6.45, 7) is 2.15. The van der Waals surface area contributed by atoms with Crippen molar-refractivity contribution in [1.82, 2.24) is 15.0 Å². The van der Waals surface area contributed by atoms with Gasteiger partial charge in [0.1, 0.15) is 11.6 Å². The highest BCUT2D eigenvalue weighted by molar-refractivity contribution is 5.72. The molecule has 0 saturated heterocycles. The zero-order chi connectivity index (χ0) is 13.9. The number of benzene rings is 1. The van der Waals surface area contributed by atoms with Gasteiger partial charge in [-0.1, -0.05) is 24.3 Å². The van der Waals surface area contributed by atoms with Crippen LogP contribution in [0.4, 0.5) is 5.82 Å². The summed E-state index contributed by atoms with van der Waals surface area (Å²) in [5.74, 6) is 1.83. The van der Waals surface area contributed by atoms with Gasteiger partial charge < -0.3 is 10.3 Å². The van der Waals surface area contributed by atoms with E-state index in [1.165, 1.54) is 11.1 Å². The maximum Gasteiger partial charge on any atom is 0.179 e. The number of imidazole rings is 1. The molecule has 1 aromatic carbocycles. The molecule has 2 aromatic heterocycles. The van der Waals surface area contributed by atoms with Crippen molar-refractivity contribution in [3.63, 3.8) is 0 Å².